The molecule has 0 spiro atoms. The molecule has 1 heterocycles. The van der Waals surface area contributed by atoms with Crippen LogP contribution in [0.2, 0.25) is 0 Å². The highest BCUT2D eigenvalue weighted by Gasteiger charge is 2.14. The summed E-state index contributed by atoms with van der Waals surface area (Å²) in [6.07, 6.45) is 1.35. The van der Waals surface area contributed by atoms with Crippen LogP contribution in [-0.2, 0) is 6.54 Å². The smallest absolute Gasteiger partial charge is 0.151 e. The molecule has 4 nitrogen and oxygen atoms in total. The van der Waals surface area contributed by atoms with Crippen molar-refractivity contribution >= 4 is 0 Å². The molecule has 0 aliphatic carbocycles. The molecule has 0 unspecified atom stereocenters. The van der Waals surface area contributed by atoms with E-state index in [9.17, 15) is 8.78 Å². The number of nitrogens with zero attached hydrogens (tertiary/aromatic N) is 3. The van der Waals surface area contributed by atoms with Gasteiger partial charge in [0.15, 0.2) is 5.82 Å². The first-order valence-corrected chi connectivity index (χ1v) is 5.96. The van der Waals surface area contributed by atoms with Crippen molar-refractivity contribution in [3.05, 3.63) is 42.0 Å². The van der Waals surface area contributed by atoms with Gasteiger partial charge in [0.2, 0.25) is 0 Å². The first kappa shape index (κ1) is 13.6. The summed E-state index contributed by atoms with van der Waals surface area (Å²) in [6.45, 7) is 6.50. The van der Waals surface area contributed by atoms with Crippen molar-refractivity contribution < 1.29 is 8.78 Å². The molecule has 0 saturated heterocycles. The fourth-order valence-electron chi connectivity index (χ4n) is 1.58. The highest BCUT2D eigenvalue weighted by molar-refractivity contribution is 5.33. The average Bonchev–Trinajstić information content (AvgIpc) is 2.73. The Balaban J connectivity index is 2.28. The standard InChI is InChI=1S/C13H16F2N4/c1-13(2,3)17-7-12-16-8-18-19(12)11-5-4-9(14)6-10(11)15/h4-6,8,17H,7H2,1-3H3. The zero-order valence-electron chi connectivity index (χ0n) is 11.1. The van der Waals surface area contributed by atoms with E-state index in [0.29, 0.717) is 12.4 Å². The van der Waals surface area contributed by atoms with Crippen LogP contribution in [0.3, 0.4) is 0 Å². The maximum Gasteiger partial charge on any atom is 0.151 e. The SMILES string of the molecule is CC(C)(C)NCc1ncnn1-c1ccc(F)cc1F. The maximum absolute atomic E-state index is 13.7. The van der Waals surface area contributed by atoms with Crippen LogP contribution in [0, 0.1) is 11.6 Å². The highest BCUT2D eigenvalue weighted by Crippen LogP contribution is 2.15. The van der Waals surface area contributed by atoms with Gasteiger partial charge in [-0.25, -0.2) is 18.4 Å². The summed E-state index contributed by atoms with van der Waals surface area (Å²) in [5.41, 5.74) is 0.0996. The molecule has 102 valence electrons. The second-order valence-electron chi connectivity index (χ2n) is 5.29. The molecular formula is C13H16F2N4. The van der Waals surface area contributed by atoms with Gasteiger partial charge in [0.25, 0.3) is 0 Å². The van der Waals surface area contributed by atoms with Gasteiger partial charge < -0.3 is 5.32 Å². The van der Waals surface area contributed by atoms with E-state index < -0.39 is 11.6 Å². The van der Waals surface area contributed by atoms with Crippen LogP contribution < -0.4 is 5.32 Å². The zero-order chi connectivity index (χ0) is 14.0. The minimum Gasteiger partial charge on any atom is -0.305 e. The minimum absolute atomic E-state index is 0.0852. The van der Waals surface area contributed by atoms with Crippen molar-refractivity contribution in [1.29, 1.82) is 0 Å². The molecule has 0 amide bonds. The van der Waals surface area contributed by atoms with Crippen LogP contribution in [0.1, 0.15) is 26.6 Å². The van der Waals surface area contributed by atoms with Crippen molar-refractivity contribution in [2.45, 2.75) is 32.9 Å². The third-order valence-electron chi connectivity index (χ3n) is 2.53. The molecule has 19 heavy (non-hydrogen) atoms. The van der Waals surface area contributed by atoms with Gasteiger partial charge in [-0.3, -0.25) is 0 Å². The lowest BCUT2D eigenvalue weighted by Crippen LogP contribution is -2.36. The summed E-state index contributed by atoms with van der Waals surface area (Å²) >= 11 is 0. The lowest BCUT2D eigenvalue weighted by molar-refractivity contribution is 0.414. The van der Waals surface area contributed by atoms with Gasteiger partial charge in [-0.1, -0.05) is 0 Å². The topological polar surface area (TPSA) is 42.7 Å². The molecule has 0 aliphatic heterocycles. The summed E-state index contributed by atoms with van der Waals surface area (Å²) in [4.78, 5) is 4.09. The quantitative estimate of drug-likeness (QED) is 0.927. The van der Waals surface area contributed by atoms with Crippen LogP contribution in [0.4, 0.5) is 8.78 Å². The first-order chi connectivity index (χ1) is 8.87. The molecule has 0 bridgehead atoms. The lowest BCUT2D eigenvalue weighted by Gasteiger charge is -2.20. The normalized spacial score (nSPS) is 11.8. The van der Waals surface area contributed by atoms with Crippen LogP contribution >= 0.6 is 0 Å². The third kappa shape index (κ3) is 3.35. The maximum atomic E-state index is 13.7. The van der Waals surface area contributed by atoms with Gasteiger partial charge in [0.1, 0.15) is 23.7 Å². The molecule has 2 rings (SSSR count). The number of hydrogen-bond donors (Lipinski definition) is 1. The van der Waals surface area contributed by atoms with Crippen molar-refractivity contribution in [1.82, 2.24) is 20.1 Å². The lowest BCUT2D eigenvalue weighted by atomic mass is 10.1. The Hall–Kier alpha value is -1.82. The molecule has 1 aromatic heterocycles. The largest absolute Gasteiger partial charge is 0.305 e. The summed E-state index contributed by atoms with van der Waals surface area (Å²) in [5.74, 6) is -0.710. The van der Waals surface area contributed by atoms with Gasteiger partial charge >= 0.3 is 0 Å². The molecule has 0 saturated carbocycles. The Morgan fingerprint density at radius 3 is 2.63 bits per heavy atom. The molecule has 6 heteroatoms. The van der Waals surface area contributed by atoms with E-state index in [0.717, 1.165) is 6.07 Å². The van der Waals surface area contributed by atoms with Gasteiger partial charge in [-0.15, -0.1) is 0 Å². The first-order valence-electron chi connectivity index (χ1n) is 5.96. The highest BCUT2D eigenvalue weighted by atomic mass is 19.1. The van der Waals surface area contributed by atoms with E-state index in [4.69, 9.17) is 0 Å². The van der Waals surface area contributed by atoms with Crippen LogP contribution in [0.5, 0.6) is 0 Å². The zero-order valence-corrected chi connectivity index (χ0v) is 11.1. The Labute approximate surface area is 110 Å². The Bertz CT molecular complexity index is 572. The number of hydrogen-bond acceptors (Lipinski definition) is 3. The Morgan fingerprint density at radius 2 is 2.00 bits per heavy atom. The van der Waals surface area contributed by atoms with Crippen molar-refractivity contribution in [3.8, 4) is 5.69 Å². The van der Waals surface area contributed by atoms with E-state index in [1.165, 1.54) is 23.1 Å². The molecular weight excluding hydrogens is 250 g/mol. The minimum atomic E-state index is -0.664. The Kier molecular flexibility index (Phi) is 3.61. The number of nitrogens with one attached hydrogen (secondary N) is 1. The number of benzene rings is 1. The monoisotopic (exact) mass is 266 g/mol. The molecule has 1 aromatic carbocycles. The summed E-state index contributed by atoms with van der Waals surface area (Å²) in [6, 6.07) is 3.37. The van der Waals surface area contributed by atoms with Crippen LogP contribution in [0.15, 0.2) is 24.5 Å². The van der Waals surface area contributed by atoms with Crippen molar-refractivity contribution in [3.63, 3.8) is 0 Å². The van der Waals surface area contributed by atoms with Gasteiger partial charge in [0, 0.05) is 11.6 Å². The molecule has 1 N–H and O–H groups in total. The summed E-state index contributed by atoms with van der Waals surface area (Å²) < 4.78 is 28.0. The van der Waals surface area contributed by atoms with Crippen LogP contribution in [0.25, 0.3) is 5.69 Å². The second kappa shape index (κ2) is 5.05. The van der Waals surface area contributed by atoms with Gasteiger partial charge in [-0.2, -0.15) is 5.10 Å². The molecule has 0 atom stereocenters. The van der Waals surface area contributed by atoms with E-state index in [1.54, 1.807) is 0 Å². The summed E-state index contributed by atoms with van der Waals surface area (Å²) in [5, 5.41) is 7.23. The molecule has 2 aromatic rings. The van der Waals surface area contributed by atoms with Gasteiger partial charge in [-0.05, 0) is 32.9 Å². The fourth-order valence-corrected chi connectivity index (χ4v) is 1.58. The fraction of sp³-hybridized carbons (Fsp3) is 0.385. The summed E-state index contributed by atoms with van der Waals surface area (Å²) in [7, 11) is 0. The van der Waals surface area contributed by atoms with Crippen molar-refractivity contribution in [2.24, 2.45) is 0 Å². The van der Waals surface area contributed by atoms with Crippen LogP contribution in [-0.4, -0.2) is 20.3 Å². The predicted molar refractivity (Wildman–Crippen MR) is 67.9 cm³/mol. The molecule has 0 aliphatic rings. The van der Waals surface area contributed by atoms with E-state index in [2.05, 4.69) is 15.4 Å². The number of rotatable bonds is 3. The Morgan fingerprint density at radius 1 is 1.26 bits per heavy atom. The number of aromatic nitrogens is 3. The van der Waals surface area contributed by atoms with E-state index in [-0.39, 0.29) is 11.2 Å². The molecule has 0 radical (unpaired) electrons. The van der Waals surface area contributed by atoms with E-state index in [1.807, 2.05) is 20.8 Å². The van der Waals surface area contributed by atoms with E-state index >= 15 is 0 Å². The third-order valence-corrected chi connectivity index (χ3v) is 2.53. The number of halogens is 2. The average molecular weight is 266 g/mol. The van der Waals surface area contributed by atoms with Crippen molar-refractivity contribution in [2.75, 3.05) is 0 Å². The second-order valence-corrected chi connectivity index (χ2v) is 5.29. The van der Waals surface area contributed by atoms with Gasteiger partial charge in [0.05, 0.1) is 6.54 Å². The predicted octanol–water partition coefficient (Wildman–Crippen LogP) is 2.43. The molecule has 0 fully saturated rings.